The Bertz CT molecular complexity index is 1190. The first kappa shape index (κ1) is 22.4. The van der Waals surface area contributed by atoms with E-state index in [-0.39, 0.29) is 23.7 Å². The third-order valence-electron chi connectivity index (χ3n) is 9.46. The summed E-state index contributed by atoms with van der Waals surface area (Å²) >= 11 is 0. The molecule has 1 aromatic carbocycles. The molecule has 5 fully saturated rings. The van der Waals surface area contributed by atoms with Crippen LogP contribution in [0.15, 0.2) is 36.4 Å². The molecule has 0 aromatic heterocycles. The van der Waals surface area contributed by atoms with E-state index in [0.29, 0.717) is 25.7 Å². The molecule has 7 atom stereocenters. The molecular formula is C27H27FO7. The molecule has 2 aliphatic heterocycles. The van der Waals surface area contributed by atoms with Crippen LogP contribution in [0.1, 0.15) is 49.9 Å². The van der Waals surface area contributed by atoms with E-state index in [1.165, 1.54) is 12.1 Å². The summed E-state index contributed by atoms with van der Waals surface area (Å²) < 4.78 is 30.9. The lowest BCUT2D eigenvalue weighted by molar-refractivity contribution is -0.244. The van der Waals surface area contributed by atoms with Crippen molar-refractivity contribution in [1.29, 1.82) is 0 Å². The van der Waals surface area contributed by atoms with Gasteiger partial charge in [0.25, 0.3) is 0 Å². The third kappa shape index (κ3) is 2.60. The first-order chi connectivity index (χ1) is 16.5. The highest BCUT2D eigenvalue weighted by molar-refractivity contribution is 6.16. The largest absolute Gasteiger partial charge is 0.465 e. The fourth-order valence-corrected chi connectivity index (χ4v) is 8.05. The number of carbonyl (C=O) groups is 4. The van der Waals surface area contributed by atoms with Gasteiger partial charge in [-0.2, -0.15) is 0 Å². The van der Waals surface area contributed by atoms with Crippen LogP contribution in [-0.4, -0.2) is 42.5 Å². The topological polar surface area (TPSA) is 96.0 Å². The van der Waals surface area contributed by atoms with E-state index < -0.39 is 69.7 Å². The monoisotopic (exact) mass is 482 g/mol. The van der Waals surface area contributed by atoms with Crippen molar-refractivity contribution in [2.45, 2.75) is 51.7 Å². The molecule has 2 saturated heterocycles. The van der Waals surface area contributed by atoms with Crippen LogP contribution in [0.3, 0.4) is 0 Å². The highest BCUT2D eigenvalue weighted by Crippen LogP contribution is 2.71. The Morgan fingerprint density at radius 2 is 1.83 bits per heavy atom. The molecule has 2 unspecified atom stereocenters. The van der Waals surface area contributed by atoms with E-state index in [0.717, 1.165) is 12.1 Å². The molecule has 0 radical (unpaired) electrons. The maximum Gasteiger partial charge on any atom is 0.338 e. The molecule has 3 saturated carbocycles. The number of hydrogen-bond acceptors (Lipinski definition) is 7. The first-order valence-electron chi connectivity index (χ1n) is 12.1. The summed E-state index contributed by atoms with van der Waals surface area (Å²) in [5.41, 5.74) is -2.71. The molecule has 5 aliphatic rings. The van der Waals surface area contributed by atoms with Gasteiger partial charge in [0.15, 0.2) is 11.2 Å². The van der Waals surface area contributed by atoms with Crippen molar-refractivity contribution < 1.29 is 37.8 Å². The summed E-state index contributed by atoms with van der Waals surface area (Å²) in [6.07, 6.45) is 0.566. The second-order valence-corrected chi connectivity index (χ2v) is 11.4. The molecule has 0 amide bonds. The van der Waals surface area contributed by atoms with Gasteiger partial charge in [-0.15, -0.1) is 0 Å². The number of Topliss-reactive ketones (excluding diaryl/α,β-unsaturated/α-hetero) is 1. The van der Waals surface area contributed by atoms with Gasteiger partial charge in [-0.3, -0.25) is 14.4 Å². The Morgan fingerprint density at radius 1 is 1.11 bits per heavy atom. The Balaban J connectivity index is 1.48. The zero-order valence-electron chi connectivity index (χ0n) is 19.7. The minimum atomic E-state index is -1.77. The number of ether oxygens (including phenoxy) is 3. The fraction of sp³-hybridized carbons (Fsp3) is 0.556. The van der Waals surface area contributed by atoms with Crippen molar-refractivity contribution in [3.05, 3.63) is 47.8 Å². The normalized spacial score (nSPS) is 40.8. The summed E-state index contributed by atoms with van der Waals surface area (Å²) in [6, 6.07) is 4.88. The molecule has 1 aromatic rings. The van der Waals surface area contributed by atoms with Gasteiger partial charge in [-0.05, 0) is 66.9 Å². The molecule has 2 bridgehead atoms. The van der Waals surface area contributed by atoms with E-state index in [2.05, 4.69) is 6.58 Å². The highest BCUT2D eigenvalue weighted by atomic mass is 19.1. The van der Waals surface area contributed by atoms with Crippen molar-refractivity contribution in [3.8, 4) is 0 Å². The molecule has 2 spiro atoms. The Hall–Kier alpha value is -3.03. The van der Waals surface area contributed by atoms with Crippen LogP contribution in [0.5, 0.6) is 0 Å². The summed E-state index contributed by atoms with van der Waals surface area (Å²) in [5, 5.41) is 0. The molecule has 6 rings (SSSR count). The molecule has 35 heavy (non-hydrogen) atoms. The lowest BCUT2D eigenvalue weighted by atomic mass is 9.43. The van der Waals surface area contributed by atoms with E-state index in [9.17, 15) is 23.6 Å². The number of rotatable bonds is 2. The van der Waals surface area contributed by atoms with Gasteiger partial charge in [0.2, 0.25) is 0 Å². The van der Waals surface area contributed by atoms with Gasteiger partial charge in [-0.25, -0.2) is 9.18 Å². The average molecular weight is 483 g/mol. The molecule has 184 valence electrons. The van der Waals surface area contributed by atoms with Gasteiger partial charge >= 0.3 is 17.9 Å². The number of fused-ring (bicyclic) bond motifs is 1. The predicted octanol–water partition coefficient (Wildman–Crippen LogP) is 3.41. The van der Waals surface area contributed by atoms with Crippen molar-refractivity contribution in [1.82, 2.24) is 0 Å². The zero-order chi connectivity index (χ0) is 24.9. The smallest absolute Gasteiger partial charge is 0.338 e. The maximum atomic E-state index is 13.9. The quantitative estimate of drug-likeness (QED) is 0.276. The van der Waals surface area contributed by atoms with Crippen molar-refractivity contribution in [2.24, 2.45) is 34.0 Å². The number of carbonyl (C=O) groups excluding carboxylic acids is 4. The molecular weight excluding hydrogens is 455 g/mol. The molecule has 8 heteroatoms. The number of cyclic esters (lactones) is 1. The summed E-state index contributed by atoms with van der Waals surface area (Å²) in [5.74, 6) is -4.44. The SMILES string of the molecule is C=C1C(=O)[C@@]23C(=O)O[C@H]4CCC(C)(C)C5C(=O)OC[C@]54C2CC[C@@H]1[C@@H]3OC(=O)c1ccc(F)cc1. The standard InChI is InChI=1S/C27H27FO7/c1-13-16-8-9-17-26-12-33-23(31)19(26)25(2,3)11-10-18(26)34-24(32)27(17,20(13)29)21(16)35-22(30)14-4-6-15(28)7-5-14/h4-7,16-19,21H,1,8-12H2,2-3H3/t16-,17?,18-,19?,21-,26+,27-/m0/s1. The van der Waals surface area contributed by atoms with Gasteiger partial charge < -0.3 is 14.2 Å². The fourth-order valence-electron chi connectivity index (χ4n) is 8.05. The summed E-state index contributed by atoms with van der Waals surface area (Å²) in [6.45, 7) is 8.06. The minimum Gasteiger partial charge on any atom is -0.465 e. The third-order valence-corrected chi connectivity index (χ3v) is 9.46. The van der Waals surface area contributed by atoms with Crippen molar-refractivity contribution in [2.75, 3.05) is 6.61 Å². The molecule has 7 nitrogen and oxygen atoms in total. The maximum absolute atomic E-state index is 13.9. The van der Waals surface area contributed by atoms with Gasteiger partial charge in [0.1, 0.15) is 24.6 Å². The van der Waals surface area contributed by atoms with Crippen LogP contribution in [0.2, 0.25) is 0 Å². The second kappa shape index (κ2) is 7.02. The van der Waals surface area contributed by atoms with Crippen molar-refractivity contribution in [3.63, 3.8) is 0 Å². The molecule has 0 N–H and O–H groups in total. The van der Waals surface area contributed by atoms with E-state index in [1.54, 1.807) is 0 Å². The van der Waals surface area contributed by atoms with Crippen LogP contribution in [0.25, 0.3) is 0 Å². The average Bonchev–Trinajstić information content (AvgIpc) is 3.23. The predicted molar refractivity (Wildman–Crippen MR) is 118 cm³/mol. The number of hydrogen-bond donors (Lipinski definition) is 0. The number of halogens is 1. The summed E-state index contributed by atoms with van der Waals surface area (Å²) in [4.78, 5) is 53.8. The molecule has 2 heterocycles. The van der Waals surface area contributed by atoms with Crippen LogP contribution in [-0.2, 0) is 28.6 Å². The van der Waals surface area contributed by atoms with Crippen LogP contribution < -0.4 is 0 Å². The van der Waals surface area contributed by atoms with Gasteiger partial charge in [0, 0.05) is 5.92 Å². The van der Waals surface area contributed by atoms with Gasteiger partial charge in [-0.1, -0.05) is 20.4 Å². The lowest BCUT2D eigenvalue weighted by Crippen LogP contribution is -2.71. The van der Waals surface area contributed by atoms with E-state index >= 15 is 0 Å². The first-order valence-corrected chi connectivity index (χ1v) is 12.1. The Labute approximate surface area is 202 Å². The van der Waals surface area contributed by atoms with Crippen molar-refractivity contribution >= 4 is 23.7 Å². The minimum absolute atomic E-state index is 0.0628. The molecule has 3 aliphatic carbocycles. The Morgan fingerprint density at radius 3 is 2.54 bits per heavy atom. The van der Waals surface area contributed by atoms with Crippen LogP contribution >= 0.6 is 0 Å². The van der Waals surface area contributed by atoms with E-state index in [4.69, 9.17) is 14.2 Å². The van der Waals surface area contributed by atoms with Crippen LogP contribution in [0, 0.1) is 39.8 Å². The van der Waals surface area contributed by atoms with E-state index in [1.807, 2.05) is 13.8 Å². The number of ketones is 1. The lowest BCUT2D eigenvalue weighted by Gasteiger charge is -2.61. The second-order valence-electron chi connectivity index (χ2n) is 11.4. The number of esters is 3. The number of benzene rings is 1. The summed E-state index contributed by atoms with van der Waals surface area (Å²) in [7, 11) is 0. The zero-order valence-corrected chi connectivity index (χ0v) is 19.7. The highest BCUT2D eigenvalue weighted by Gasteiger charge is 2.81. The van der Waals surface area contributed by atoms with Gasteiger partial charge in [0.05, 0.1) is 16.9 Å². The Kier molecular flexibility index (Phi) is 4.50. The van der Waals surface area contributed by atoms with Crippen LogP contribution in [0.4, 0.5) is 4.39 Å².